The molecule has 4 nitrogen and oxygen atoms in total. The van der Waals surface area contributed by atoms with E-state index in [9.17, 15) is 4.79 Å². The van der Waals surface area contributed by atoms with Crippen LogP contribution in [-0.2, 0) is 6.42 Å². The first kappa shape index (κ1) is 11.3. The van der Waals surface area contributed by atoms with E-state index < -0.39 is 5.97 Å². The number of nitrogens with zero attached hydrogens (tertiary/aromatic N) is 2. The number of aromatic carboxylic acids is 1. The van der Waals surface area contributed by atoms with Gasteiger partial charge in [-0.15, -0.1) is 0 Å². The lowest BCUT2D eigenvalue weighted by Crippen LogP contribution is -2.03. The molecule has 17 heavy (non-hydrogen) atoms. The second-order valence-electron chi connectivity index (χ2n) is 3.65. The maximum atomic E-state index is 10.6. The number of benzene rings is 1. The van der Waals surface area contributed by atoms with E-state index in [0.717, 1.165) is 17.5 Å². The van der Waals surface area contributed by atoms with E-state index in [1.54, 1.807) is 0 Å². The van der Waals surface area contributed by atoms with Gasteiger partial charge in [-0.05, 0) is 17.5 Å². The third-order valence-corrected chi connectivity index (χ3v) is 2.51. The summed E-state index contributed by atoms with van der Waals surface area (Å²) in [7, 11) is 0. The van der Waals surface area contributed by atoms with Crippen LogP contribution in [0.25, 0.3) is 11.1 Å². The highest BCUT2D eigenvalue weighted by Crippen LogP contribution is 2.19. The zero-order valence-corrected chi connectivity index (χ0v) is 9.42. The van der Waals surface area contributed by atoms with Crippen LogP contribution in [0.15, 0.2) is 36.7 Å². The van der Waals surface area contributed by atoms with Crippen LogP contribution in [-0.4, -0.2) is 21.0 Å². The number of aromatic nitrogens is 2. The first-order chi connectivity index (χ1) is 8.20. The number of hydrogen-bond acceptors (Lipinski definition) is 3. The fourth-order valence-electron chi connectivity index (χ4n) is 1.56. The van der Waals surface area contributed by atoms with Gasteiger partial charge in [0.15, 0.2) is 0 Å². The Morgan fingerprint density at radius 3 is 2.53 bits per heavy atom. The summed E-state index contributed by atoms with van der Waals surface area (Å²) in [5.41, 5.74) is 3.05. The molecule has 4 heteroatoms. The van der Waals surface area contributed by atoms with Crippen LogP contribution in [0, 0.1) is 0 Å². The SMILES string of the molecule is CCc1cccc(-c2cnc(C(=O)O)nc2)c1. The lowest BCUT2D eigenvalue weighted by Gasteiger charge is -2.03. The maximum absolute atomic E-state index is 10.6. The Balaban J connectivity index is 2.36. The van der Waals surface area contributed by atoms with Crippen molar-refractivity contribution >= 4 is 5.97 Å². The molecule has 1 aromatic heterocycles. The maximum Gasteiger partial charge on any atom is 0.373 e. The van der Waals surface area contributed by atoms with E-state index in [0.29, 0.717) is 0 Å². The van der Waals surface area contributed by atoms with Crippen molar-refractivity contribution in [2.24, 2.45) is 0 Å². The minimum Gasteiger partial charge on any atom is -0.475 e. The molecule has 0 saturated carbocycles. The summed E-state index contributed by atoms with van der Waals surface area (Å²) in [6.07, 6.45) is 4.03. The molecule has 0 spiro atoms. The Bertz CT molecular complexity index is 535. The predicted molar refractivity (Wildman–Crippen MR) is 63.8 cm³/mol. The molecule has 0 fully saturated rings. The number of carbonyl (C=O) groups is 1. The highest BCUT2D eigenvalue weighted by atomic mass is 16.4. The smallest absolute Gasteiger partial charge is 0.373 e. The van der Waals surface area contributed by atoms with Crippen molar-refractivity contribution < 1.29 is 9.90 Å². The quantitative estimate of drug-likeness (QED) is 0.876. The van der Waals surface area contributed by atoms with Gasteiger partial charge < -0.3 is 5.11 Å². The van der Waals surface area contributed by atoms with Crippen LogP contribution < -0.4 is 0 Å². The molecule has 1 N–H and O–H groups in total. The minimum absolute atomic E-state index is 0.180. The first-order valence-electron chi connectivity index (χ1n) is 5.35. The summed E-state index contributed by atoms with van der Waals surface area (Å²) in [5.74, 6) is -1.29. The molecule has 0 aliphatic carbocycles. The molecular weight excluding hydrogens is 216 g/mol. The van der Waals surface area contributed by atoms with Gasteiger partial charge in [-0.3, -0.25) is 0 Å². The van der Waals surface area contributed by atoms with Crippen molar-refractivity contribution in [1.29, 1.82) is 0 Å². The summed E-state index contributed by atoms with van der Waals surface area (Å²) in [4.78, 5) is 18.2. The molecule has 2 aromatic rings. The van der Waals surface area contributed by atoms with Crippen molar-refractivity contribution in [1.82, 2.24) is 9.97 Å². The summed E-state index contributed by atoms with van der Waals surface area (Å²) in [6.45, 7) is 2.09. The molecule has 0 unspecified atom stereocenters. The average Bonchev–Trinajstić information content (AvgIpc) is 2.39. The molecular formula is C13H12N2O2. The van der Waals surface area contributed by atoms with Crippen molar-refractivity contribution in [2.75, 3.05) is 0 Å². The molecule has 1 heterocycles. The van der Waals surface area contributed by atoms with Gasteiger partial charge in [0.25, 0.3) is 0 Å². The zero-order valence-electron chi connectivity index (χ0n) is 9.42. The topological polar surface area (TPSA) is 63.1 Å². The number of aryl methyl sites for hydroxylation is 1. The Morgan fingerprint density at radius 1 is 1.24 bits per heavy atom. The molecule has 0 aliphatic rings. The van der Waals surface area contributed by atoms with Gasteiger partial charge in [0.2, 0.25) is 5.82 Å². The van der Waals surface area contributed by atoms with Crippen molar-refractivity contribution in [3.8, 4) is 11.1 Å². The van der Waals surface area contributed by atoms with E-state index >= 15 is 0 Å². The molecule has 0 radical (unpaired) electrons. The first-order valence-corrected chi connectivity index (χ1v) is 5.35. The van der Waals surface area contributed by atoms with Crippen molar-refractivity contribution in [3.05, 3.63) is 48.0 Å². The Morgan fingerprint density at radius 2 is 1.94 bits per heavy atom. The normalized spacial score (nSPS) is 10.2. The van der Waals surface area contributed by atoms with E-state index in [1.165, 1.54) is 18.0 Å². The van der Waals surface area contributed by atoms with Gasteiger partial charge in [-0.1, -0.05) is 31.2 Å². The predicted octanol–water partition coefficient (Wildman–Crippen LogP) is 2.40. The third-order valence-electron chi connectivity index (χ3n) is 2.51. The molecule has 0 aliphatic heterocycles. The highest BCUT2D eigenvalue weighted by Gasteiger charge is 2.06. The van der Waals surface area contributed by atoms with Crippen LogP contribution in [0.3, 0.4) is 0 Å². The van der Waals surface area contributed by atoms with Crippen LogP contribution in [0.2, 0.25) is 0 Å². The number of carboxylic acids is 1. The van der Waals surface area contributed by atoms with Gasteiger partial charge in [0.1, 0.15) is 0 Å². The summed E-state index contributed by atoms with van der Waals surface area (Å²) < 4.78 is 0. The van der Waals surface area contributed by atoms with Gasteiger partial charge in [-0.2, -0.15) is 0 Å². The summed E-state index contributed by atoms with van der Waals surface area (Å²) >= 11 is 0. The lowest BCUT2D eigenvalue weighted by molar-refractivity contribution is 0.0683. The number of hydrogen-bond donors (Lipinski definition) is 1. The monoisotopic (exact) mass is 228 g/mol. The van der Waals surface area contributed by atoms with Gasteiger partial charge >= 0.3 is 5.97 Å². The number of carboxylic acid groups (broad SMARTS) is 1. The Kier molecular flexibility index (Phi) is 3.14. The molecule has 2 rings (SSSR count). The summed E-state index contributed by atoms with van der Waals surface area (Å²) in [6, 6.07) is 8.03. The van der Waals surface area contributed by atoms with E-state index in [4.69, 9.17) is 5.11 Å². The lowest BCUT2D eigenvalue weighted by atomic mass is 10.0. The third kappa shape index (κ3) is 2.47. The standard InChI is InChI=1S/C13H12N2O2/c1-2-9-4-3-5-10(6-9)11-7-14-12(13(16)17)15-8-11/h3-8H,2H2,1H3,(H,16,17). The summed E-state index contributed by atoms with van der Waals surface area (Å²) in [5, 5.41) is 8.70. The van der Waals surface area contributed by atoms with Crippen molar-refractivity contribution in [2.45, 2.75) is 13.3 Å². The molecule has 0 atom stereocenters. The van der Waals surface area contributed by atoms with Crippen LogP contribution >= 0.6 is 0 Å². The van der Waals surface area contributed by atoms with Crippen LogP contribution in [0.5, 0.6) is 0 Å². The van der Waals surface area contributed by atoms with Gasteiger partial charge in [-0.25, -0.2) is 14.8 Å². The fourth-order valence-corrected chi connectivity index (χ4v) is 1.56. The second kappa shape index (κ2) is 4.74. The zero-order chi connectivity index (χ0) is 12.3. The van der Waals surface area contributed by atoms with Crippen LogP contribution in [0.1, 0.15) is 23.1 Å². The molecule has 1 aromatic carbocycles. The minimum atomic E-state index is -1.11. The molecule has 0 bridgehead atoms. The highest BCUT2D eigenvalue weighted by molar-refractivity contribution is 5.83. The average molecular weight is 228 g/mol. The fraction of sp³-hybridized carbons (Fsp3) is 0.154. The molecule has 0 amide bonds. The van der Waals surface area contributed by atoms with E-state index in [2.05, 4.69) is 29.0 Å². The Hall–Kier alpha value is -2.23. The van der Waals surface area contributed by atoms with Crippen molar-refractivity contribution in [3.63, 3.8) is 0 Å². The second-order valence-corrected chi connectivity index (χ2v) is 3.65. The largest absolute Gasteiger partial charge is 0.475 e. The Labute approximate surface area is 99.0 Å². The van der Waals surface area contributed by atoms with Crippen LogP contribution in [0.4, 0.5) is 0 Å². The molecule has 0 saturated heterocycles. The molecule has 86 valence electrons. The van der Waals surface area contributed by atoms with E-state index in [-0.39, 0.29) is 5.82 Å². The van der Waals surface area contributed by atoms with E-state index in [1.807, 2.05) is 12.1 Å². The number of rotatable bonds is 3. The van der Waals surface area contributed by atoms with Gasteiger partial charge in [0, 0.05) is 18.0 Å². The van der Waals surface area contributed by atoms with Gasteiger partial charge in [0.05, 0.1) is 0 Å².